The molecule has 0 atom stereocenters. The van der Waals surface area contributed by atoms with E-state index in [-0.39, 0.29) is 0 Å². The highest BCUT2D eigenvalue weighted by Crippen LogP contribution is 2.38. The summed E-state index contributed by atoms with van der Waals surface area (Å²) in [5.74, 6) is 2.72. The SMILES string of the molecule is Cc1cc(C)cc(OCc2noc(C3CC3)n2)c1. The van der Waals surface area contributed by atoms with E-state index in [2.05, 4.69) is 30.1 Å². The number of benzene rings is 1. The van der Waals surface area contributed by atoms with Gasteiger partial charge in [-0.1, -0.05) is 11.2 Å². The van der Waals surface area contributed by atoms with Gasteiger partial charge in [0, 0.05) is 5.92 Å². The van der Waals surface area contributed by atoms with Crippen molar-refractivity contribution >= 4 is 0 Å². The van der Waals surface area contributed by atoms with Crippen LogP contribution in [0, 0.1) is 13.8 Å². The molecule has 1 fully saturated rings. The van der Waals surface area contributed by atoms with Gasteiger partial charge in [0.15, 0.2) is 6.61 Å². The maximum atomic E-state index is 5.68. The molecule has 0 N–H and O–H groups in total. The Morgan fingerprint density at radius 2 is 1.94 bits per heavy atom. The van der Waals surface area contributed by atoms with E-state index in [1.165, 1.54) is 24.0 Å². The third-order valence-corrected chi connectivity index (χ3v) is 2.97. The number of ether oxygens (including phenoxy) is 1. The van der Waals surface area contributed by atoms with Gasteiger partial charge in [-0.2, -0.15) is 4.98 Å². The predicted octanol–water partition coefficient (Wildman–Crippen LogP) is 3.14. The van der Waals surface area contributed by atoms with Crippen molar-refractivity contribution < 1.29 is 9.26 Å². The second-order valence-corrected chi connectivity index (χ2v) is 4.94. The van der Waals surface area contributed by atoms with Crippen molar-refractivity contribution in [2.75, 3.05) is 0 Å². The zero-order valence-electron chi connectivity index (χ0n) is 10.6. The Labute approximate surface area is 106 Å². The molecule has 4 heteroatoms. The highest BCUT2D eigenvalue weighted by molar-refractivity contribution is 5.33. The summed E-state index contributed by atoms with van der Waals surface area (Å²) in [6, 6.07) is 6.14. The van der Waals surface area contributed by atoms with E-state index in [1.807, 2.05) is 12.1 Å². The van der Waals surface area contributed by atoms with Crippen LogP contribution in [-0.2, 0) is 6.61 Å². The van der Waals surface area contributed by atoms with Gasteiger partial charge in [0.05, 0.1) is 0 Å². The minimum Gasteiger partial charge on any atom is -0.485 e. The maximum absolute atomic E-state index is 5.68. The van der Waals surface area contributed by atoms with Gasteiger partial charge in [-0.15, -0.1) is 0 Å². The Balaban J connectivity index is 1.65. The van der Waals surface area contributed by atoms with Crippen LogP contribution in [0.5, 0.6) is 5.75 Å². The molecular formula is C14H16N2O2. The molecule has 1 aliphatic rings. The molecule has 18 heavy (non-hydrogen) atoms. The smallest absolute Gasteiger partial charge is 0.229 e. The van der Waals surface area contributed by atoms with E-state index in [0.717, 1.165) is 11.6 Å². The third-order valence-electron chi connectivity index (χ3n) is 2.97. The fourth-order valence-electron chi connectivity index (χ4n) is 1.99. The van der Waals surface area contributed by atoms with E-state index in [0.29, 0.717) is 18.3 Å². The zero-order valence-corrected chi connectivity index (χ0v) is 10.6. The molecule has 0 spiro atoms. The standard InChI is InChI=1S/C14H16N2O2/c1-9-5-10(2)7-12(6-9)17-8-13-15-14(18-16-13)11-3-4-11/h5-7,11H,3-4,8H2,1-2H3. The first-order chi connectivity index (χ1) is 8.70. The van der Waals surface area contributed by atoms with Crippen LogP contribution in [0.3, 0.4) is 0 Å². The molecule has 2 aromatic rings. The van der Waals surface area contributed by atoms with Gasteiger partial charge in [-0.25, -0.2) is 0 Å². The zero-order chi connectivity index (χ0) is 12.5. The van der Waals surface area contributed by atoms with Crippen molar-refractivity contribution in [3.05, 3.63) is 41.0 Å². The van der Waals surface area contributed by atoms with Crippen molar-refractivity contribution in [2.24, 2.45) is 0 Å². The second kappa shape index (κ2) is 4.44. The summed E-state index contributed by atoms with van der Waals surface area (Å²) in [6.07, 6.45) is 2.33. The predicted molar refractivity (Wildman–Crippen MR) is 66.5 cm³/mol. The summed E-state index contributed by atoms with van der Waals surface area (Å²) in [7, 11) is 0. The monoisotopic (exact) mass is 244 g/mol. The molecule has 4 nitrogen and oxygen atoms in total. The van der Waals surface area contributed by atoms with Crippen LogP contribution in [0.2, 0.25) is 0 Å². The molecule has 0 bridgehead atoms. The van der Waals surface area contributed by atoms with Crippen molar-refractivity contribution in [1.82, 2.24) is 10.1 Å². The molecule has 94 valence electrons. The summed E-state index contributed by atoms with van der Waals surface area (Å²) >= 11 is 0. The van der Waals surface area contributed by atoms with E-state index in [1.54, 1.807) is 0 Å². The summed E-state index contributed by atoms with van der Waals surface area (Å²) in [6.45, 7) is 4.47. The Morgan fingerprint density at radius 1 is 1.22 bits per heavy atom. The van der Waals surface area contributed by atoms with E-state index >= 15 is 0 Å². The van der Waals surface area contributed by atoms with E-state index in [9.17, 15) is 0 Å². The van der Waals surface area contributed by atoms with Crippen LogP contribution in [0.25, 0.3) is 0 Å². The molecule has 1 aromatic carbocycles. The number of aromatic nitrogens is 2. The average Bonchev–Trinajstić information content (AvgIpc) is 3.05. The lowest BCUT2D eigenvalue weighted by atomic mass is 10.1. The summed E-state index contributed by atoms with van der Waals surface area (Å²) in [5.41, 5.74) is 2.38. The number of aryl methyl sites for hydroxylation is 2. The Kier molecular flexibility index (Phi) is 2.78. The number of nitrogens with zero attached hydrogens (tertiary/aromatic N) is 2. The maximum Gasteiger partial charge on any atom is 0.229 e. The molecule has 3 rings (SSSR count). The van der Waals surface area contributed by atoms with Crippen LogP contribution < -0.4 is 4.74 Å². The molecule has 1 heterocycles. The molecule has 1 saturated carbocycles. The molecule has 0 unspecified atom stereocenters. The van der Waals surface area contributed by atoms with Gasteiger partial charge in [-0.05, 0) is 49.9 Å². The Hall–Kier alpha value is -1.84. The van der Waals surface area contributed by atoms with Gasteiger partial charge in [0.1, 0.15) is 5.75 Å². The molecule has 0 radical (unpaired) electrons. The van der Waals surface area contributed by atoms with Gasteiger partial charge < -0.3 is 9.26 Å². The topological polar surface area (TPSA) is 48.2 Å². The van der Waals surface area contributed by atoms with Gasteiger partial charge >= 0.3 is 0 Å². The summed E-state index contributed by atoms with van der Waals surface area (Å²) in [4.78, 5) is 4.33. The normalized spacial score (nSPS) is 14.8. The van der Waals surface area contributed by atoms with Gasteiger partial charge in [-0.3, -0.25) is 0 Å². The first-order valence-electron chi connectivity index (χ1n) is 6.24. The molecule has 1 aromatic heterocycles. The second-order valence-electron chi connectivity index (χ2n) is 4.94. The highest BCUT2D eigenvalue weighted by atomic mass is 16.5. The lowest BCUT2D eigenvalue weighted by molar-refractivity contribution is 0.285. The molecular weight excluding hydrogens is 228 g/mol. The van der Waals surface area contributed by atoms with Gasteiger partial charge in [0.2, 0.25) is 11.7 Å². The fraction of sp³-hybridized carbons (Fsp3) is 0.429. The quantitative estimate of drug-likeness (QED) is 0.829. The molecule has 1 aliphatic carbocycles. The number of rotatable bonds is 4. The van der Waals surface area contributed by atoms with Crippen molar-refractivity contribution in [1.29, 1.82) is 0 Å². The number of hydrogen-bond donors (Lipinski definition) is 0. The summed E-state index contributed by atoms with van der Waals surface area (Å²) in [5, 5.41) is 3.93. The first-order valence-corrected chi connectivity index (χ1v) is 6.24. The number of hydrogen-bond acceptors (Lipinski definition) is 4. The highest BCUT2D eigenvalue weighted by Gasteiger charge is 2.29. The minimum absolute atomic E-state index is 0.360. The van der Waals surface area contributed by atoms with E-state index < -0.39 is 0 Å². The van der Waals surface area contributed by atoms with Crippen LogP contribution in [0.15, 0.2) is 22.7 Å². The molecule has 0 aliphatic heterocycles. The van der Waals surface area contributed by atoms with Crippen LogP contribution in [0.4, 0.5) is 0 Å². The van der Waals surface area contributed by atoms with E-state index in [4.69, 9.17) is 9.26 Å². The van der Waals surface area contributed by atoms with Crippen molar-refractivity contribution in [2.45, 2.75) is 39.2 Å². The van der Waals surface area contributed by atoms with Crippen molar-refractivity contribution in [3.63, 3.8) is 0 Å². The Bertz CT molecular complexity index is 538. The van der Waals surface area contributed by atoms with Crippen LogP contribution >= 0.6 is 0 Å². The minimum atomic E-state index is 0.360. The molecule has 0 saturated heterocycles. The first kappa shape index (κ1) is 11.3. The van der Waals surface area contributed by atoms with Crippen molar-refractivity contribution in [3.8, 4) is 5.75 Å². The average molecular weight is 244 g/mol. The lowest BCUT2D eigenvalue weighted by Crippen LogP contribution is -1.98. The Morgan fingerprint density at radius 3 is 2.61 bits per heavy atom. The lowest BCUT2D eigenvalue weighted by Gasteiger charge is -2.05. The van der Waals surface area contributed by atoms with Gasteiger partial charge in [0.25, 0.3) is 0 Å². The third kappa shape index (κ3) is 2.53. The van der Waals surface area contributed by atoms with Crippen LogP contribution in [0.1, 0.15) is 41.6 Å². The summed E-state index contributed by atoms with van der Waals surface area (Å²) < 4.78 is 10.9. The molecule has 0 amide bonds. The van der Waals surface area contributed by atoms with Crippen LogP contribution in [-0.4, -0.2) is 10.1 Å². The largest absolute Gasteiger partial charge is 0.485 e. The fourth-order valence-corrected chi connectivity index (χ4v) is 1.99.